The highest BCUT2D eigenvalue weighted by molar-refractivity contribution is 7.99. The number of Topliss-reactive ketones (excluding diaryl/α,β-unsaturated/α-hetero) is 1. The Hall–Kier alpha value is -1.27. The summed E-state index contributed by atoms with van der Waals surface area (Å²) in [6.07, 6.45) is 2.41. The lowest BCUT2D eigenvalue weighted by molar-refractivity contribution is 0.0748. The summed E-state index contributed by atoms with van der Waals surface area (Å²) in [5, 5.41) is 9.70. The lowest BCUT2D eigenvalue weighted by Crippen LogP contribution is -2.36. The zero-order valence-electron chi connectivity index (χ0n) is 10.8. The number of thioether (sulfide) groups is 1. The number of nitriles is 1. The fourth-order valence-corrected chi connectivity index (χ4v) is 2.99. The second-order valence-corrected chi connectivity index (χ2v) is 6.72. The van der Waals surface area contributed by atoms with Crippen LogP contribution >= 0.6 is 11.8 Å². The number of carbonyl (C=O) groups excluding carboxylic acids is 1. The number of hydrogen-bond acceptors (Lipinski definition) is 3. The molecule has 0 heterocycles. The van der Waals surface area contributed by atoms with Crippen LogP contribution in [0.15, 0.2) is 29.2 Å². The van der Waals surface area contributed by atoms with E-state index in [2.05, 4.69) is 19.9 Å². The molecule has 1 fully saturated rings. The molecule has 0 aromatic heterocycles. The third kappa shape index (κ3) is 2.44. The van der Waals surface area contributed by atoms with Crippen LogP contribution < -0.4 is 0 Å². The van der Waals surface area contributed by atoms with Crippen molar-refractivity contribution in [3.63, 3.8) is 0 Å². The Bertz CT molecular complexity index is 480. The fourth-order valence-electron chi connectivity index (χ4n) is 2.15. The van der Waals surface area contributed by atoms with Crippen molar-refractivity contribution in [2.75, 3.05) is 0 Å². The molecule has 0 unspecified atom stereocenters. The molecule has 2 nitrogen and oxygen atoms in total. The zero-order valence-corrected chi connectivity index (χ0v) is 11.6. The number of ketones is 1. The molecule has 0 saturated heterocycles. The standard InChI is InChI=1S/C15H17NOS/c1-11(2)18-13-6-4-12(5-7-13)14(17)15(10-16)8-3-9-15/h4-7,11H,3,8-9H2,1-2H3. The molecule has 0 radical (unpaired) electrons. The van der Waals surface area contributed by atoms with E-state index in [9.17, 15) is 4.79 Å². The van der Waals surface area contributed by atoms with Gasteiger partial charge in [-0.25, -0.2) is 0 Å². The van der Waals surface area contributed by atoms with Crippen molar-refractivity contribution in [2.24, 2.45) is 5.41 Å². The Morgan fingerprint density at radius 1 is 1.33 bits per heavy atom. The molecule has 1 aromatic rings. The molecule has 0 spiro atoms. The van der Waals surface area contributed by atoms with E-state index < -0.39 is 5.41 Å². The first-order valence-electron chi connectivity index (χ1n) is 6.30. The van der Waals surface area contributed by atoms with Crippen molar-refractivity contribution in [3.05, 3.63) is 29.8 Å². The highest BCUT2D eigenvalue weighted by atomic mass is 32.2. The van der Waals surface area contributed by atoms with Crippen LogP contribution in [0.2, 0.25) is 0 Å². The summed E-state index contributed by atoms with van der Waals surface area (Å²) in [6, 6.07) is 9.86. The van der Waals surface area contributed by atoms with Gasteiger partial charge in [0.1, 0.15) is 5.41 Å². The molecule has 2 rings (SSSR count). The number of carbonyl (C=O) groups is 1. The van der Waals surface area contributed by atoms with Crippen LogP contribution in [-0.2, 0) is 0 Å². The first-order chi connectivity index (χ1) is 8.57. The monoisotopic (exact) mass is 259 g/mol. The van der Waals surface area contributed by atoms with E-state index in [1.807, 2.05) is 24.3 Å². The van der Waals surface area contributed by atoms with Gasteiger partial charge in [0.05, 0.1) is 6.07 Å². The van der Waals surface area contributed by atoms with Crippen LogP contribution in [0.4, 0.5) is 0 Å². The van der Waals surface area contributed by atoms with Gasteiger partial charge in [-0.15, -0.1) is 11.8 Å². The minimum atomic E-state index is -0.729. The van der Waals surface area contributed by atoms with Gasteiger partial charge in [-0.2, -0.15) is 5.26 Å². The molecule has 0 bridgehead atoms. The number of nitrogens with zero attached hydrogens (tertiary/aromatic N) is 1. The Morgan fingerprint density at radius 2 is 1.94 bits per heavy atom. The topological polar surface area (TPSA) is 40.9 Å². The molecule has 1 saturated carbocycles. The first kappa shape index (κ1) is 13.2. The predicted molar refractivity (Wildman–Crippen MR) is 73.7 cm³/mol. The summed E-state index contributed by atoms with van der Waals surface area (Å²) in [5.41, 5.74) is -0.0588. The van der Waals surface area contributed by atoms with Gasteiger partial charge in [-0.05, 0) is 31.4 Å². The minimum Gasteiger partial charge on any atom is -0.292 e. The lowest BCUT2D eigenvalue weighted by Gasteiger charge is -2.33. The summed E-state index contributed by atoms with van der Waals surface area (Å²) in [7, 11) is 0. The van der Waals surface area contributed by atoms with Gasteiger partial charge in [-0.1, -0.05) is 26.0 Å². The van der Waals surface area contributed by atoms with Crippen LogP contribution in [0, 0.1) is 16.7 Å². The summed E-state index contributed by atoms with van der Waals surface area (Å²) in [4.78, 5) is 13.5. The van der Waals surface area contributed by atoms with Crippen molar-refractivity contribution in [3.8, 4) is 6.07 Å². The third-order valence-electron chi connectivity index (χ3n) is 3.34. The van der Waals surface area contributed by atoms with E-state index >= 15 is 0 Å². The molecule has 0 amide bonds. The Kier molecular flexibility index (Phi) is 3.77. The quantitative estimate of drug-likeness (QED) is 0.604. The largest absolute Gasteiger partial charge is 0.292 e. The van der Waals surface area contributed by atoms with Gasteiger partial charge in [0.2, 0.25) is 0 Å². The maximum absolute atomic E-state index is 12.3. The third-order valence-corrected chi connectivity index (χ3v) is 4.36. The van der Waals surface area contributed by atoms with Crippen molar-refractivity contribution < 1.29 is 4.79 Å². The minimum absolute atomic E-state index is 0.00246. The van der Waals surface area contributed by atoms with Crippen LogP contribution in [0.25, 0.3) is 0 Å². The molecule has 18 heavy (non-hydrogen) atoms. The van der Waals surface area contributed by atoms with Crippen molar-refractivity contribution >= 4 is 17.5 Å². The van der Waals surface area contributed by atoms with Crippen LogP contribution in [0.5, 0.6) is 0 Å². The summed E-state index contributed by atoms with van der Waals surface area (Å²) < 4.78 is 0. The summed E-state index contributed by atoms with van der Waals surface area (Å²) in [6.45, 7) is 4.28. The second kappa shape index (κ2) is 5.16. The van der Waals surface area contributed by atoms with Gasteiger partial charge in [-0.3, -0.25) is 4.79 Å². The van der Waals surface area contributed by atoms with Crippen LogP contribution in [0.3, 0.4) is 0 Å². The van der Waals surface area contributed by atoms with Gasteiger partial charge in [0.25, 0.3) is 0 Å². The van der Waals surface area contributed by atoms with Crippen molar-refractivity contribution in [2.45, 2.75) is 43.3 Å². The van der Waals surface area contributed by atoms with E-state index in [1.54, 1.807) is 11.8 Å². The molecule has 1 aliphatic carbocycles. The number of benzene rings is 1. The van der Waals surface area contributed by atoms with Crippen LogP contribution in [0.1, 0.15) is 43.5 Å². The van der Waals surface area contributed by atoms with Gasteiger partial charge in [0, 0.05) is 15.7 Å². The van der Waals surface area contributed by atoms with E-state index in [0.717, 1.165) is 6.42 Å². The van der Waals surface area contributed by atoms with Gasteiger partial charge >= 0.3 is 0 Å². The maximum atomic E-state index is 12.3. The molecule has 3 heteroatoms. The van der Waals surface area contributed by atoms with E-state index in [1.165, 1.54) is 4.90 Å². The summed E-state index contributed by atoms with van der Waals surface area (Å²) in [5.74, 6) is -0.00246. The van der Waals surface area contributed by atoms with Crippen molar-refractivity contribution in [1.29, 1.82) is 5.26 Å². The lowest BCUT2D eigenvalue weighted by atomic mass is 9.66. The normalized spacial score (nSPS) is 17.0. The molecule has 1 aromatic carbocycles. The number of hydrogen-bond donors (Lipinski definition) is 0. The van der Waals surface area contributed by atoms with E-state index in [-0.39, 0.29) is 5.78 Å². The Labute approximate surface area is 112 Å². The SMILES string of the molecule is CC(C)Sc1ccc(C(=O)C2(C#N)CCC2)cc1. The van der Waals surface area contributed by atoms with Crippen LogP contribution in [-0.4, -0.2) is 11.0 Å². The molecule has 1 aliphatic rings. The fraction of sp³-hybridized carbons (Fsp3) is 0.467. The molecular formula is C15H17NOS. The highest BCUT2D eigenvalue weighted by Gasteiger charge is 2.44. The summed E-state index contributed by atoms with van der Waals surface area (Å²) >= 11 is 1.78. The molecular weight excluding hydrogens is 242 g/mol. The first-order valence-corrected chi connectivity index (χ1v) is 7.18. The molecule has 94 valence electrons. The molecule has 0 N–H and O–H groups in total. The number of rotatable bonds is 4. The average Bonchev–Trinajstić information content (AvgIpc) is 2.28. The second-order valence-electron chi connectivity index (χ2n) is 5.07. The average molecular weight is 259 g/mol. The maximum Gasteiger partial charge on any atom is 0.183 e. The van der Waals surface area contributed by atoms with Gasteiger partial charge in [0.15, 0.2) is 5.78 Å². The molecule has 0 aliphatic heterocycles. The predicted octanol–water partition coefficient (Wildman–Crippen LogP) is 4.06. The highest BCUT2D eigenvalue weighted by Crippen LogP contribution is 2.43. The smallest absolute Gasteiger partial charge is 0.183 e. The van der Waals surface area contributed by atoms with E-state index in [0.29, 0.717) is 23.7 Å². The van der Waals surface area contributed by atoms with Crippen molar-refractivity contribution in [1.82, 2.24) is 0 Å². The van der Waals surface area contributed by atoms with E-state index in [4.69, 9.17) is 5.26 Å². The van der Waals surface area contributed by atoms with Gasteiger partial charge < -0.3 is 0 Å². The Morgan fingerprint density at radius 3 is 2.33 bits per heavy atom. The molecule has 0 atom stereocenters. The zero-order chi connectivity index (χ0) is 13.2. The Balaban J connectivity index is 2.15.